The third kappa shape index (κ3) is 4.75. The highest BCUT2D eigenvalue weighted by Gasteiger charge is 2.26. The second-order valence-electron chi connectivity index (χ2n) is 5.55. The van der Waals surface area contributed by atoms with Crippen molar-refractivity contribution >= 4 is 5.91 Å². The molecule has 2 N–H and O–H groups in total. The van der Waals surface area contributed by atoms with E-state index >= 15 is 0 Å². The highest BCUT2D eigenvalue weighted by molar-refractivity contribution is 5.78. The first-order valence-corrected chi connectivity index (χ1v) is 7.61. The van der Waals surface area contributed by atoms with Crippen LogP contribution >= 0.6 is 0 Å². The Labute approximate surface area is 116 Å². The number of rotatable bonds is 5. The summed E-state index contributed by atoms with van der Waals surface area (Å²) in [5.41, 5.74) is 0. The molecule has 2 atom stereocenters. The molecular weight excluding hydrogens is 242 g/mol. The Bertz CT molecular complexity index is 278. The van der Waals surface area contributed by atoms with Gasteiger partial charge in [0.05, 0.1) is 12.6 Å². The maximum absolute atomic E-state index is 12.0. The normalized spacial score (nSPS) is 29.1. The van der Waals surface area contributed by atoms with E-state index in [1.807, 2.05) is 0 Å². The SMILES string of the molecule is CCC1OCCC1CNC(=O)CN1CCCNCC1. The van der Waals surface area contributed by atoms with E-state index in [-0.39, 0.29) is 5.91 Å². The zero-order valence-electron chi connectivity index (χ0n) is 12.0. The van der Waals surface area contributed by atoms with Crippen molar-refractivity contribution in [2.75, 3.05) is 45.9 Å². The van der Waals surface area contributed by atoms with Crippen molar-refractivity contribution in [3.05, 3.63) is 0 Å². The van der Waals surface area contributed by atoms with Gasteiger partial charge in [0, 0.05) is 32.2 Å². The summed E-state index contributed by atoms with van der Waals surface area (Å²) in [7, 11) is 0. The zero-order chi connectivity index (χ0) is 13.5. The molecule has 2 aliphatic heterocycles. The maximum Gasteiger partial charge on any atom is 0.234 e. The maximum atomic E-state index is 12.0. The van der Waals surface area contributed by atoms with Gasteiger partial charge in [-0.05, 0) is 32.4 Å². The van der Waals surface area contributed by atoms with Crippen LogP contribution in [0, 0.1) is 5.92 Å². The van der Waals surface area contributed by atoms with Crippen molar-refractivity contribution in [3.8, 4) is 0 Å². The minimum atomic E-state index is 0.156. The fourth-order valence-electron chi connectivity index (χ4n) is 2.94. The molecule has 0 aromatic heterocycles. The molecule has 0 bridgehead atoms. The van der Waals surface area contributed by atoms with Crippen LogP contribution in [0.3, 0.4) is 0 Å². The standard InChI is InChI=1S/C14H27N3O2/c1-2-13-12(4-9-19-13)10-16-14(18)11-17-7-3-5-15-6-8-17/h12-13,15H,2-11H2,1H3,(H,16,18). The number of amides is 1. The summed E-state index contributed by atoms with van der Waals surface area (Å²) in [4.78, 5) is 14.2. The van der Waals surface area contributed by atoms with Crippen LogP contribution in [0.4, 0.5) is 0 Å². The molecule has 2 aliphatic rings. The number of nitrogens with zero attached hydrogens (tertiary/aromatic N) is 1. The van der Waals surface area contributed by atoms with Gasteiger partial charge in [-0.3, -0.25) is 9.69 Å². The Morgan fingerprint density at radius 2 is 2.32 bits per heavy atom. The first-order chi connectivity index (χ1) is 9.29. The van der Waals surface area contributed by atoms with Crippen LogP contribution in [0.5, 0.6) is 0 Å². The number of carbonyl (C=O) groups excluding carboxylic acids is 1. The molecule has 110 valence electrons. The fraction of sp³-hybridized carbons (Fsp3) is 0.929. The van der Waals surface area contributed by atoms with E-state index in [1.54, 1.807) is 0 Å². The molecule has 2 fully saturated rings. The van der Waals surface area contributed by atoms with Gasteiger partial charge in [-0.1, -0.05) is 6.92 Å². The van der Waals surface area contributed by atoms with Gasteiger partial charge in [-0.2, -0.15) is 0 Å². The highest BCUT2D eigenvalue weighted by atomic mass is 16.5. The van der Waals surface area contributed by atoms with Crippen molar-refractivity contribution in [1.82, 2.24) is 15.5 Å². The van der Waals surface area contributed by atoms with E-state index < -0.39 is 0 Å². The summed E-state index contributed by atoms with van der Waals surface area (Å²) in [6, 6.07) is 0. The summed E-state index contributed by atoms with van der Waals surface area (Å²) in [6.07, 6.45) is 3.58. The average Bonchev–Trinajstić information content (AvgIpc) is 2.72. The molecular formula is C14H27N3O2. The van der Waals surface area contributed by atoms with Gasteiger partial charge < -0.3 is 15.4 Å². The molecule has 1 amide bonds. The topological polar surface area (TPSA) is 53.6 Å². The highest BCUT2D eigenvalue weighted by Crippen LogP contribution is 2.22. The van der Waals surface area contributed by atoms with Crippen LogP contribution in [0.15, 0.2) is 0 Å². The molecule has 0 aromatic rings. The van der Waals surface area contributed by atoms with Gasteiger partial charge in [0.2, 0.25) is 5.91 Å². The van der Waals surface area contributed by atoms with Crippen molar-refractivity contribution in [2.45, 2.75) is 32.3 Å². The summed E-state index contributed by atoms with van der Waals surface area (Å²) in [5.74, 6) is 0.656. The quantitative estimate of drug-likeness (QED) is 0.749. The molecule has 2 rings (SSSR count). The van der Waals surface area contributed by atoms with Gasteiger partial charge in [-0.25, -0.2) is 0 Å². The second kappa shape index (κ2) is 7.82. The lowest BCUT2D eigenvalue weighted by Crippen LogP contribution is -2.41. The molecule has 0 aliphatic carbocycles. The minimum Gasteiger partial charge on any atom is -0.378 e. The summed E-state index contributed by atoms with van der Waals surface area (Å²) < 4.78 is 5.64. The van der Waals surface area contributed by atoms with Gasteiger partial charge in [0.15, 0.2) is 0 Å². The molecule has 2 saturated heterocycles. The Hall–Kier alpha value is -0.650. The predicted octanol–water partition coefficient (Wildman–Crippen LogP) is 0.213. The molecule has 0 radical (unpaired) electrons. The Morgan fingerprint density at radius 1 is 1.42 bits per heavy atom. The van der Waals surface area contributed by atoms with Crippen LogP contribution in [0.25, 0.3) is 0 Å². The van der Waals surface area contributed by atoms with Crippen LogP contribution in [-0.2, 0) is 9.53 Å². The summed E-state index contributed by atoms with van der Waals surface area (Å²) in [5, 5.41) is 6.43. The van der Waals surface area contributed by atoms with Crippen molar-refractivity contribution in [1.29, 1.82) is 0 Å². The predicted molar refractivity (Wildman–Crippen MR) is 75.1 cm³/mol. The lowest BCUT2D eigenvalue weighted by Gasteiger charge is -2.21. The van der Waals surface area contributed by atoms with Crippen LogP contribution < -0.4 is 10.6 Å². The molecule has 0 aromatic carbocycles. The first-order valence-electron chi connectivity index (χ1n) is 7.61. The van der Waals surface area contributed by atoms with Crippen molar-refractivity contribution in [3.63, 3.8) is 0 Å². The molecule has 0 spiro atoms. The second-order valence-corrected chi connectivity index (χ2v) is 5.55. The lowest BCUT2D eigenvalue weighted by atomic mass is 10.00. The smallest absolute Gasteiger partial charge is 0.234 e. The van der Waals surface area contributed by atoms with E-state index in [2.05, 4.69) is 22.5 Å². The molecule has 0 saturated carbocycles. The Morgan fingerprint density at radius 3 is 3.16 bits per heavy atom. The lowest BCUT2D eigenvalue weighted by molar-refractivity contribution is -0.122. The van der Waals surface area contributed by atoms with Crippen molar-refractivity contribution < 1.29 is 9.53 Å². The van der Waals surface area contributed by atoms with Crippen LogP contribution in [0.2, 0.25) is 0 Å². The number of hydrogen-bond donors (Lipinski definition) is 2. The number of ether oxygens (including phenoxy) is 1. The van der Waals surface area contributed by atoms with Gasteiger partial charge >= 0.3 is 0 Å². The largest absolute Gasteiger partial charge is 0.378 e. The molecule has 19 heavy (non-hydrogen) atoms. The average molecular weight is 269 g/mol. The number of carbonyl (C=O) groups is 1. The van der Waals surface area contributed by atoms with E-state index in [9.17, 15) is 4.79 Å². The minimum absolute atomic E-state index is 0.156. The zero-order valence-corrected chi connectivity index (χ0v) is 12.0. The van der Waals surface area contributed by atoms with Crippen LogP contribution in [0.1, 0.15) is 26.2 Å². The van der Waals surface area contributed by atoms with Crippen LogP contribution in [-0.4, -0.2) is 62.8 Å². The van der Waals surface area contributed by atoms with E-state index in [0.29, 0.717) is 18.6 Å². The third-order valence-electron chi connectivity index (χ3n) is 4.11. The Kier molecular flexibility index (Phi) is 6.07. The van der Waals surface area contributed by atoms with E-state index in [1.165, 1.54) is 0 Å². The van der Waals surface area contributed by atoms with Gasteiger partial charge in [-0.15, -0.1) is 0 Å². The molecule has 5 heteroatoms. The molecule has 2 heterocycles. The van der Waals surface area contributed by atoms with Crippen molar-refractivity contribution in [2.24, 2.45) is 5.92 Å². The fourth-order valence-corrected chi connectivity index (χ4v) is 2.94. The summed E-state index contributed by atoms with van der Waals surface area (Å²) >= 11 is 0. The summed E-state index contributed by atoms with van der Waals surface area (Å²) in [6.45, 7) is 8.33. The number of hydrogen-bond acceptors (Lipinski definition) is 4. The molecule has 2 unspecified atom stereocenters. The third-order valence-corrected chi connectivity index (χ3v) is 4.11. The van der Waals surface area contributed by atoms with Gasteiger partial charge in [0.25, 0.3) is 0 Å². The Balaban J connectivity index is 1.66. The first kappa shape index (κ1) is 14.8. The van der Waals surface area contributed by atoms with E-state index in [0.717, 1.165) is 58.6 Å². The van der Waals surface area contributed by atoms with Gasteiger partial charge in [0.1, 0.15) is 0 Å². The number of nitrogens with one attached hydrogen (secondary N) is 2. The monoisotopic (exact) mass is 269 g/mol. The van der Waals surface area contributed by atoms with E-state index in [4.69, 9.17) is 4.74 Å². The molecule has 5 nitrogen and oxygen atoms in total.